The largest absolute Gasteiger partial charge is 0.459 e. The van der Waals surface area contributed by atoms with Crippen LogP contribution in [0.25, 0.3) is 0 Å². The molecule has 4 nitrogen and oxygen atoms in total. The van der Waals surface area contributed by atoms with Gasteiger partial charge in [-0.2, -0.15) is 0 Å². The Morgan fingerprint density at radius 2 is 1.81 bits per heavy atom. The van der Waals surface area contributed by atoms with Crippen LogP contribution in [0.1, 0.15) is 42.5 Å². The van der Waals surface area contributed by atoms with Gasteiger partial charge >= 0.3 is 5.97 Å². The molecular formula is C13H13ClF2O4S. The average molecular weight is 339 g/mol. The third-order valence-corrected chi connectivity index (χ3v) is 4.69. The molecule has 0 radical (unpaired) electrons. The van der Waals surface area contributed by atoms with E-state index in [1.54, 1.807) is 0 Å². The van der Waals surface area contributed by atoms with Gasteiger partial charge in [-0.15, -0.1) is 0 Å². The number of esters is 1. The molecule has 0 N–H and O–H groups in total. The SMILES string of the molecule is O=C(OC1CCCCC1)c1c(F)ccc(S(=O)(=O)Cl)c1F. The molecule has 0 aromatic heterocycles. The van der Waals surface area contributed by atoms with E-state index in [0.29, 0.717) is 25.0 Å². The van der Waals surface area contributed by atoms with Gasteiger partial charge in [-0.3, -0.25) is 0 Å². The first-order valence-electron chi connectivity index (χ1n) is 6.44. The Bertz CT molecular complexity index is 654. The topological polar surface area (TPSA) is 60.4 Å². The lowest BCUT2D eigenvalue weighted by Gasteiger charge is -2.22. The zero-order chi connectivity index (χ0) is 15.6. The minimum absolute atomic E-state index is 0.402. The van der Waals surface area contributed by atoms with Gasteiger partial charge in [0.1, 0.15) is 22.4 Å². The van der Waals surface area contributed by atoms with Crippen LogP contribution in [0.5, 0.6) is 0 Å². The van der Waals surface area contributed by atoms with Crippen LogP contribution in [0.4, 0.5) is 8.78 Å². The molecule has 0 aliphatic heterocycles. The van der Waals surface area contributed by atoms with Crippen molar-refractivity contribution in [3.8, 4) is 0 Å². The van der Waals surface area contributed by atoms with Crippen LogP contribution >= 0.6 is 10.7 Å². The van der Waals surface area contributed by atoms with E-state index < -0.39 is 43.2 Å². The minimum Gasteiger partial charge on any atom is -0.459 e. The molecule has 8 heteroatoms. The summed E-state index contributed by atoms with van der Waals surface area (Å²) in [6.45, 7) is 0. The van der Waals surface area contributed by atoms with Gasteiger partial charge in [0.2, 0.25) is 0 Å². The second kappa shape index (κ2) is 6.27. The van der Waals surface area contributed by atoms with Gasteiger partial charge in [0.15, 0.2) is 5.82 Å². The van der Waals surface area contributed by atoms with Crippen molar-refractivity contribution in [3.05, 3.63) is 29.3 Å². The predicted octanol–water partition coefficient (Wildman–Crippen LogP) is 3.38. The Morgan fingerprint density at radius 1 is 1.19 bits per heavy atom. The third-order valence-electron chi connectivity index (χ3n) is 3.35. The summed E-state index contributed by atoms with van der Waals surface area (Å²) in [6.07, 6.45) is 3.63. The summed E-state index contributed by atoms with van der Waals surface area (Å²) in [7, 11) is 0.626. The van der Waals surface area contributed by atoms with Crippen molar-refractivity contribution in [2.75, 3.05) is 0 Å². The highest BCUT2D eigenvalue weighted by Gasteiger charge is 2.28. The van der Waals surface area contributed by atoms with Crippen molar-refractivity contribution in [3.63, 3.8) is 0 Å². The minimum atomic E-state index is -4.42. The maximum Gasteiger partial charge on any atom is 0.344 e. The van der Waals surface area contributed by atoms with Gasteiger partial charge in [0, 0.05) is 10.7 Å². The monoisotopic (exact) mass is 338 g/mol. The summed E-state index contributed by atoms with van der Waals surface area (Å²) < 4.78 is 55.1. The van der Waals surface area contributed by atoms with E-state index in [0.717, 1.165) is 19.3 Å². The van der Waals surface area contributed by atoms with Crippen LogP contribution in [0.15, 0.2) is 17.0 Å². The Kier molecular flexibility index (Phi) is 4.83. The summed E-state index contributed by atoms with van der Waals surface area (Å²) >= 11 is 0. The Labute approximate surface area is 125 Å². The van der Waals surface area contributed by atoms with Crippen molar-refractivity contribution in [2.24, 2.45) is 0 Å². The van der Waals surface area contributed by atoms with Crippen molar-refractivity contribution < 1.29 is 26.7 Å². The number of ether oxygens (including phenoxy) is 1. The number of benzene rings is 1. The number of carbonyl (C=O) groups excluding carboxylic acids is 1. The molecule has 1 fully saturated rings. The number of hydrogen-bond acceptors (Lipinski definition) is 4. The zero-order valence-corrected chi connectivity index (χ0v) is 12.5. The summed E-state index contributed by atoms with van der Waals surface area (Å²) in [5, 5.41) is 0. The lowest BCUT2D eigenvalue weighted by molar-refractivity contribution is 0.0200. The molecule has 2 rings (SSSR count). The lowest BCUT2D eigenvalue weighted by atomic mass is 9.98. The fourth-order valence-electron chi connectivity index (χ4n) is 2.30. The standard InChI is InChI=1S/C13H13ClF2O4S/c14-21(18,19)10-7-6-9(15)11(12(10)16)13(17)20-8-4-2-1-3-5-8/h6-8H,1-5H2. The highest BCUT2D eigenvalue weighted by molar-refractivity contribution is 8.13. The van der Waals surface area contributed by atoms with Crippen molar-refractivity contribution in [1.29, 1.82) is 0 Å². The van der Waals surface area contributed by atoms with Gasteiger partial charge in [-0.25, -0.2) is 22.0 Å². The van der Waals surface area contributed by atoms with Crippen molar-refractivity contribution >= 4 is 25.7 Å². The molecule has 0 spiro atoms. The number of halogens is 3. The highest BCUT2D eigenvalue weighted by Crippen LogP contribution is 2.26. The first kappa shape index (κ1) is 16.2. The van der Waals surface area contributed by atoms with E-state index in [9.17, 15) is 22.0 Å². The molecule has 0 saturated heterocycles. The van der Waals surface area contributed by atoms with Gasteiger partial charge in [0.05, 0.1) is 0 Å². The van der Waals surface area contributed by atoms with Crippen molar-refractivity contribution in [1.82, 2.24) is 0 Å². The smallest absolute Gasteiger partial charge is 0.344 e. The second-order valence-electron chi connectivity index (χ2n) is 4.84. The zero-order valence-electron chi connectivity index (χ0n) is 10.9. The fourth-order valence-corrected chi connectivity index (χ4v) is 3.21. The Morgan fingerprint density at radius 3 is 2.38 bits per heavy atom. The summed E-state index contributed by atoms with van der Waals surface area (Å²) in [5.41, 5.74) is -1.03. The Balaban J connectivity index is 2.32. The highest BCUT2D eigenvalue weighted by atomic mass is 35.7. The fraction of sp³-hybridized carbons (Fsp3) is 0.462. The molecule has 21 heavy (non-hydrogen) atoms. The summed E-state index contributed by atoms with van der Waals surface area (Å²) in [4.78, 5) is 11.0. The van der Waals surface area contributed by atoms with Crippen LogP contribution in [0.2, 0.25) is 0 Å². The van der Waals surface area contributed by atoms with Gasteiger partial charge < -0.3 is 4.74 Å². The van der Waals surface area contributed by atoms with E-state index in [-0.39, 0.29) is 0 Å². The summed E-state index contributed by atoms with van der Waals surface area (Å²) in [5.74, 6) is -3.91. The van der Waals surface area contributed by atoms with Gasteiger partial charge in [-0.05, 0) is 37.8 Å². The molecule has 1 aromatic carbocycles. The number of hydrogen-bond donors (Lipinski definition) is 0. The van der Waals surface area contributed by atoms with E-state index in [4.69, 9.17) is 15.4 Å². The molecule has 1 aromatic rings. The molecule has 116 valence electrons. The van der Waals surface area contributed by atoms with Crippen LogP contribution in [-0.2, 0) is 13.8 Å². The Hall–Kier alpha value is -1.21. The number of carbonyl (C=O) groups is 1. The van der Waals surface area contributed by atoms with E-state index >= 15 is 0 Å². The van der Waals surface area contributed by atoms with Crippen LogP contribution in [-0.4, -0.2) is 20.5 Å². The predicted molar refractivity (Wildman–Crippen MR) is 71.7 cm³/mol. The molecule has 1 saturated carbocycles. The quantitative estimate of drug-likeness (QED) is 0.626. The maximum atomic E-state index is 14.0. The molecule has 1 aliphatic carbocycles. The lowest BCUT2D eigenvalue weighted by Crippen LogP contribution is -2.22. The molecule has 0 bridgehead atoms. The van der Waals surface area contributed by atoms with Crippen LogP contribution in [0.3, 0.4) is 0 Å². The molecular weight excluding hydrogens is 326 g/mol. The maximum absolute atomic E-state index is 14.0. The molecule has 0 amide bonds. The van der Waals surface area contributed by atoms with Crippen LogP contribution in [0, 0.1) is 11.6 Å². The van der Waals surface area contributed by atoms with E-state index in [2.05, 4.69) is 0 Å². The summed E-state index contributed by atoms with van der Waals surface area (Å²) in [6, 6.07) is 1.35. The number of rotatable bonds is 3. The van der Waals surface area contributed by atoms with Gasteiger partial charge in [0.25, 0.3) is 9.05 Å². The first-order valence-corrected chi connectivity index (χ1v) is 8.75. The van der Waals surface area contributed by atoms with E-state index in [1.807, 2.05) is 0 Å². The third kappa shape index (κ3) is 3.71. The molecule has 1 aliphatic rings. The average Bonchev–Trinajstić information content (AvgIpc) is 2.38. The molecule has 0 unspecified atom stereocenters. The van der Waals surface area contributed by atoms with E-state index in [1.165, 1.54) is 0 Å². The van der Waals surface area contributed by atoms with Crippen molar-refractivity contribution in [2.45, 2.75) is 43.1 Å². The second-order valence-corrected chi connectivity index (χ2v) is 7.37. The normalized spacial score (nSPS) is 16.7. The first-order chi connectivity index (χ1) is 9.80. The van der Waals surface area contributed by atoms with Gasteiger partial charge in [-0.1, -0.05) is 6.42 Å². The molecule has 0 atom stereocenters. The molecule has 0 heterocycles. The van der Waals surface area contributed by atoms with Crippen LogP contribution < -0.4 is 0 Å².